The van der Waals surface area contributed by atoms with Gasteiger partial charge in [-0.1, -0.05) is 11.3 Å². The van der Waals surface area contributed by atoms with E-state index in [2.05, 4.69) is 26.8 Å². The number of methoxy groups -OCH3 is 1. The molecule has 126 valence electrons. The number of aryl methyl sites for hydroxylation is 1. The number of fused-ring (bicyclic) bond motifs is 1. The maximum Gasteiger partial charge on any atom is 0.275 e. The Hall–Kier alpha value is -1.35. The zero-order valence-electron chi connectivity index (χ0n) is 13.9. The zero-order chi connectivity index (χ0) is 16.4. The molecule has 0 N–H and O–H groups in total. The summed E-state index contributed by atoms with van der Waals surface area (Å²) in [6, 6.07) is 2.09. The van der Waals surface area contributed by atoms with Crippen molar-refractivity contribution >= 4 is 16.3 Å². The lowest BCUT2D eigenvalue weighted by Gasteiger charge is -2.39. The molecule has 1 atom stereocenters. The average molecular weight is 337 g/mol. The number of aromatic nitrogens is 3. The van der Waals surface area contributed by atoms with Crippen molar-refractivity contribution in [2.24, 2.45) is 0 Å². The first-order chi connectivity index (χ1) is 11.1. The van der Waals surface area contributed by atoms with E-state index in [1.165, 1.54) is 15.9 Å². The lowest BCUT2D eigenvalue weighted by atomic mass is 10.2. The van der Waals surface area contributed by atoms with Crippen LogP contribution >= 0.6 is 11.3 Å². The molecule has 0 amide bonds. The van der Waals surface area contributed by atoms with Gasteiger partial charge in [-0.25, -0.2) is 4.98 Å². The smallest absolute Gasteiger partial charge is 0.275 e. The molecule has 7 nitrogen and oxygen atoms in total. The zero-order valence-corrected chi connectivity index (χ0v) is 14.7. The van der Waals surface area contributed by atoms with Crippen LogP contribution in [0.5, 0.6) is 0 Å². The van der Waals surface area contributed by atoms with E-state index in [1.807, 2.05) is 6.92 Å². The number of ether oxygens (including phenoxy) is 1. The Balaban J connectivity index is 1.67. The van der Waals surface area contributed by atoms with Gasteiger partial charge in [0, 0.05) is 51.9 Å². The van der Waals surface area contributed by atoms with Crippen LogP contribution in [-0.2, 0) is 11.3 Å². The van der Waals surface area contributed by atoms with Gasteiger partial charge in [-0.3, -0.25) is 14.6 Å². The highest BCUT2D eigenvalue weighted by Gasteiger charge is 2.23. The Bertz CT molecular complexity index is 728. The lowest BCUT2D eigenvalue weighted by Crippen LogP contribution is -2.52. The van der Waals surface area contributed by atoms with E-state index in [4.69, 9.17) is 4.74 Å². The minimum atomic E-state index is -0.0962. The average Bonchev–Trinajstić information content (AvgIpc) is 2.87. The second-order valence-electron chi connectivity index (χ2n) is 6.01. The molecule has 0 aromatic carbocycles. The fraction of sp³-hybridized carbons (Fsp3) is 0.667. The molecule has 0 aliphatic carbocycles. The standard InChI is InChI=1S/C15H23N5O2S/c1-11-9-18(4-5-19(11)6-7-22-3)10-13-8-14(21)20-15(16-13)23-12(2)17-20/h8,11H,4-7,9-10H2,1-3H3. The molecular weight excluding hydrogens is 314 g/mol. The van der Waals surface area contributed by atoms with Crippen LogP contribution in [0.1, 0.15) is 17.6 Å². The van der Waals surface area contributed by atoms with Gasteiger partial charge in [-0.2, -0.15) is 9.61 Å². The van der Waals surface area contributed by atoms with Gasteiger partial charge in [0.25, 0.3) is 5.56 Å². The molecule has 23 heavy (non-hydrogen) atoms. The van der Waals surface area contributed by atoms with Gasteiger partial charge in [0.1, 0.15) is 5.01 Å². The van der Waals surface area contributed by atoms with Crippen LogP contribution in [0.3, 0.4) is 0 Å². The van der Waals surface area contributed by atoms with Gasteiger partial charge in [-0.05, 0) is 13.8 Å². The number of piperazine rings is 1. The van der Waals surface area contributed by atoms with Crippen molar-refractivity contribution in [1.82, 2.24) is 24.4 Å². The van der Waals surface area contributed by atoms with E-state index < -0.39 is 0 Å². The summed E-state index contributed by atoms with van der Waals surface area (Å²) in [5.74, 6) is 0. The summed E-state index contributed by atoms with van der Waals surface area (Å²) in [5.41, 5.74) is 0.734. The molecule has 3 heterocycles. The highest BCUT2D eigenvalue weighted by Crippen LogP contribution is 2.14. The molecule has 0 bridgehead atoms. The molecule has 2 aromatic rings. The Kier molecular flexibility index (Phi) is 5.05. The number of hydrogen-bond acceptors (Lipinski definition) is 7. The second kappa shape index (κ2) is 7.04. The summed E-state index contributed by atoms with van der Waals surface area (Å²) < 4.78 is 6.55. The molecule has 0 saturated carbocycles. The maximum atomic E-state index is 12.1. The fourth-order valence-electron chi connectivity index (χ4n) is 3.02. The lowest BCUT2D eigenvalue weighted by molar-refractivity contribution is 0.0552. The molecule has 1 fully saturated rings. The summed E-state index contributed by atoms with van der Waals surface area (Å²) in [7, 11) is 1.74. The van der Waals surface area contributed by atoms with Crippen molar-refractivity contribution in [3.05, 3.63) is 27.1 Å². The van der Waals surface area contributed by atoms with Crippen LogP contribution < -0.4 is 5.56 Å². The van der Waals surface area contributed by atoms with Crippen molar-refractivity contribution in [3.8, 4) is 0 Å². The summed E-state index contributed by atoms with van der Waals surface area (Å²) in [5, 5.41) is 5.03. The SMILES string of the molecule is COCCN1CCN(Cc2cc(=O)n3nc(C)sc3n2)CC1C. The van der Waals surface area contributed by atoms with Crippen molar-refractivity contribution in [2.45, 2.75) is 26.4 Å². The summed E-state index contributed by atoms with van der Waals surface area (Å²) >= 11 is 1.45. The van der Waals surface area contributed by atoms with Crippen LogP contribution in [0.25, 0.3) is 4.96 Å². The molecule has 0 spiro atoms. The normalized spacial score (nSPS) is 20.4. The third kappa shape index (κ3) is 3.77. The second-order valence-corrected chi connectivity index (χ2v) is 7.17. The molecule has 1 aliphatic rings. The van der Waals surface area contributed by atoms with Gasteiger partial charge in [-0.15, -0.1) is 0 Å². The Labute approximate surface area is 139 Å². The molecular formula is C15H23N5O2S. The van der Waals surface area contributed by atoms with E-state index in [9.17, 15) is 4.79 Å². The Morgan fingerprint density at radius 2 is 2.26 bits per heavy atom. The van der Waals surface area contributed by atoms with Crippen LogP contribution in [0.4, 0.5) is 0 Å². The number of hydrogen-bond donors (Lipinski definition) is 0. The largest absolute Gasteiger partial charge is 0.383 e. The van der Waals surface area contributed by atoms with Crippen LogP contribution in [0.15, 0.2) is 10.9 Å². The molecule has 3 rings (SSSR count). The minimum Gasteiger partial charge on any atom is -0.383 e. The molecule has 8 heteroatoms. The summed E-state index contributed by atoms with van der Waals surface area (Å²) in [6.07, 6.45) is 0. The van der Waals surface area contributed by atoms with Crippen LogP contribution in [0, 0.1) is 6.92 Å². The van der Waals surface area contributed by atoms with Gasteiger partial charge < -0.3 is 4.74 Å². The molecule has 1 aliphatic heterocycles. The first kappa shape index (κ1) is 16.5. The van der Waals surface area contributed by atoms with Crippen molar-refractivity contribution in [3.63, 3.8) is 0 Å². The van der Waals surface area contributed by atoms with Crippen LogP contribution in [-0.4, -0.2) is 70.3 Å². The van der Waals surface area contributed by atoms with Gasteiger partial charge in [0.2, 0.25) is 4.96 Å². The maximum absolute atomic E-state index is 12.1. The van der Waals surface area contributed by atoms with E-state index in [0.717, 1.165) is 43.5 Å². The van der Waals surface area contributed by atoms with Gasteiger partial charge in [0.15, 0.2) is 0 Å². The summed E-state index contributed by atoms with van der Waals surface area (Å²) in [6.45, 7) is 9.56. The van der Waals surface area contributed by atoms with Gasteiger partial charge >= 0.3 is 0 Å². The van der Waals surface area contributed by atoms with E-state index >= 15 is 0 Å². The monoisotopic (exact) mass is 337 g/mol. The van der Waals surface area contributed by atoms with E-state index in [-0.39, 0.29) is 5.56 Å². The van der Waals surface area contributed by atoms with Crippen molar-refractivity contribution < 1.29 is 4.74 Å². The predicted octanol–water partition coefficient (Wildman–Crippen LogP) is 0.612. The van der Waals surface area contributed by atoms with E-state index in [0.29, 0.717) is 17.5 Å². The molecule has 1 saturated heterocycles. The topological polar surface area (TPSA) is 63.0 Å². The first-order valence-electron chi connectivity index (χ1n) is 7.88. The first-order valence-corrected chi connectivity index (χ1v) is 8.70. The molecule has 0 radical (unpaired) electrons. The molecule has 1 unspecified atom stereocenters. The van der Waals surface area contributed by atoms with Crippen molar-refractivity contribution in [1.29, 1.82) is 0 Å². The van der Waals surface area contributed by atoms with Crippen LogP contribution in [0.2, 0.25) is 0 Å². The Morgan fingerprint density at radius 1 is 1.43 bits per heavy atom. The van der Waals surface area contributed by atoms with Gasteiger partial charge in [0.05, 0.1) is 12.3 Å². The highest BCUT2D eigenvalue weighted by molar-refractivity contribution is 7.16. The quantitative estimate of drug-likeness (QED) is 0.797. The molecule has 2 aromatic heterocycles. The number of nitrogens with zero attached hydrogens (tertiary/aromatic N) is 5. The Morgan fingerprint density at radius 3 is 3.00 bits per heavy atom. The predicted molar refractivity (Wildman–Crippen MR) is 90.1 cm³/mol. The van der Waals surface area contributed by atoms with E-state index in [1.54, 1.807) is 13.2 Å². The third-order valence-corrected chi connectivity index (χ3v) is 5.04. The minimum absolute atomic E-state index is 0.0962. The highest BCUT2D eigenvalue weighted by atomic mass is 32.1. The fourth-order valence-corrected chi connectivity index (χ4v) is 3.78. The number of rotatable bonds is 5. The van der Waals surface area contributed by atoms with Crippen molar-refractivity contribution in [2.75, 3.05) is 39.9 Å². The third-order valence-electron chi connectivity index (χ3n) is 4.22. The summed E-state index contributed by atoms with van der Waals surface area (Å²) in [4.78, 5) is 22.2.